The molecule has 1 aromatic rings. The number of hydrogen-bond donors (Lipinski definition) is 2. The number of hydrogen-bond acceptors (Lipinski definition) is 10. The van der Waals surface area contributed by atoms with Gasteiger partial charge in [0.05, 0.1) is 0 Å². The van der Waals surface area contributed by atoms with Gasteiger partial charge in [-0.25, -0.2) is 14.4 Å². The lowest BCUT2D eigenvalue weighted by Gasteiger charge is -2.32. The van der Waals surface area contributed by atoms with Crippen LogP contribution in [0.3, 0.4) is 0 Å². The van der Waals surface area contributed by atoms with E-state index in [0.717, 1.165) is 6.92 Å². The predicted octanol–water partition coefficient (Wildman–Crippen LogP) is 5.08. The number of ether oxygens (including phenoxy) is 5. The fraction of sp³-hybridized carbons (Fsp3) is 0.630. The minimum atomic E-state index is -2.10. The molecule has 0 aliphatic carbocycles. The number of carboxylic acids is 1. The lowest BCUT2D eigenvalue weighted by Crippen LogP contribution is -2.59. The quantitative estimate of drug-likeness (QED) is 0.150. The molecule has 11 nitrogen and oxygen atoms in total. The van der Waals surface area contributed by atoms with Crippen LogP contribution >= 0.6 is 0 Å². The van der Waals surface area contributed by atoms with Gasteiger partial charge in [0.1, 0.15) is 12.2 Å². The maximum Gasteiger partial charge on any atom is 0.514 e. The van der Waals surface area contributed by atoms with Crippen LogP contribution in [0.4, 0.5) is 9.59 Å². The highest BCUT2D eigenvalue weighted by molar-refractivity contribution is 5.81. The van der Waals surface area contributed by atoms with Crippen LogP contribution in [0.25, 0.3) is 0 Å². The second-order valence-electron chi connectivity index (χ2n) is 9.98. The predicted molar refractivity (Wildman–Crippen MR) is 138 cm³/mol. The van der Waals surface area contributed by atoms with Crippen molar-refractivity contribution in [2.24, 2.45) is 11.8 Å². The summed E-state index contributed by atoms with van der Waals surface area (Å²) in [6.07, 6.45) is -2.71. The van der Waals surface area contributed by atoms with E-state index < -0.39 is 42.2 Å². The molecule has 1 aromatic carbocycles. The van der Waals surface area contributed by atoms with E-state index in [1.807, 2.05) is 34.6 Å². The summed E-state index contributed by atoms with van der Waals surface area (Å²) >= 11 is 0. The summed E-state index contributed by atoms with van der Waals surface area (Å²) in [5.41, 5.74) is -1.79. The summed E-state index contributed by atoms with van der Waals surface area (Å²) in [6.45, 7) is 15.6. The Morgan fingerprint density at radius 2 is 1.37 bits per heavy atom. The molecule has 0 fully saturated rings. The Bertz CT molecular complexity index is 977. The molecule has 0 radical (unpaired) electrons. The zero-order valence-electron chi connectivity index (χ0n) is 23.7. The van der Waals surface area contributed by atoms with E-state index in [4.69, 9.17) is 23.7 Å². The van der Waals surface area contributed by atoms with Gasteiger partial charge in [0.2, 0.25) is 0 Å². The maximum atomic E-state index is 12.5. The first-order valence-electron chi connectivity index (χ1n) is 12.7. The number of carbonyl (C=O) groups excluding carboxylic acids is 3. The topological polar surface area (TPSA) is 147 Å². The van der Waals surface area contributed by atoms with Gasteiger partial charge in [0, 0.05) is 19.4 Å². The van der Waals surface area contributed by atoms with Crippen molar-refractivity contribution in [3.8, 4) is 11.5 Å². The van der Waals surface area contributed by atoms with Crippen molar-refractivity contribution in [3.63, 3.8) is 0 Å². The van der Waals surface area contributed by atoms with Gasteiger partial charge in [-0.3, -0.25) is 10.1 Å². The van der Waals surface area contributed by atoms with E-state index >= 15 is 0 Å². The number of benzene rings is 1. The highest BCUT2D eigenvalue weighted by Gasteiger charge is 2.43. The van der Waals surface area contributed by atoms with Crippen LogP contribution in [0.5, 0.6) is 11.5 Å². The minimum Gasteiger partial charge on any atom is -0.477 e. The molecular formula is C27H41NO10. The molecule has 4 atom stereocenters. The molecular weight excluding hydrogens is 498 g/mol. The van der Waals surface area contributed by atoms with Crippen LogP contribution in [0.2, 0.25) is 0 Å². The first-order chi connectivity index (χ1) is 17.6. The third-order valence-corrected chi connectivity index (χ3v) is 6.05. The average Bonchev–Trinajstić information content (AvgIpc) is 2.79. The molecule has 3 unspecified atom stereocenters. The van der Waals surface area contributed by atoms with Crippen molar-refractivity contribution in [3.05, 3.63) is 23.8 Å². The van der Waals surface area contributed by atoms with Crippen molar-refractivity contribution in [2.75, 3.05) is 0 Å². The largest absolute Gasteiger partial charge is 0.514 e. The van der Waals surface area contributed by atoms with Crippen LogP contribution in [0, 0.1) is 11.8 Å². The summed E-state index contributed by atoms with van der Waals surface area (Å²) in [5, 5.41) is 12.9. The Balaban J connectivity index is 3.42. The van der Waals surface area contributed by atoms with Gasteiger partial charge in [-0.1, -0.05) is 40.7 Å². The Labute approximate surface area is 224 Å². The molecule has 0 bridgehead atoms. The molecule has 0 aliphatic rings. The molecule has 0 amide bonds. The molecule has 2 N–H and O–H groups in total. The molecule has 0 heterocycles. The van der Waals surface area contributed by atoms with E-state index in [-0.39, 0.29) is 35.8 Å². The molecule has 1 rings (SSSR count). The maximum absolute atomic E-state index is 12.5. The summed E-state index contributed by atoms with van der Waals surface area (Å²) in [5.74, 6) is -2.50. The van der Waals surface area contributed by atoms with Crippen molar-refractivity contribution >= 4 is 24.2 Å². The van der Waals surface area contributed by atoms with Crippen molar-refractivity contribution in [1.82, 2.24) is 5.32 Å². The molecule has 0 saturated heterocycles. The molecule has 0 aromatic heterocycles. The highest BCUT2D eigenvalue weighted by Crippen LogP contribution is 2.32. The first kappa shape index (κ1) is 32.7. The molecule has 214 valence electrons. The number of rotatable bonds is 13. The van der Waals surface area contributed by atoms with E-state index in [1.54, 1.807) is 20.8 Å². The number of aliphatic carboxylic acids is 1. The number of carbonyl (C=O) groups is 4. The van der Waals surface area contributed by atoms with Crippen LogP contribution in [0.15, 0.2) is 18.2 Å². The lowest BCUT2D eigenvalue weighted by atomic mass is 10.00. The van der Waals surface area contributed by atoms with Crippen molar-refractivity contribution < 1.29 is 48.0 Å². The number of nitrogens with one attached hydrogen (secondary N) is 1. The highest BCUT2D eigenvalue weighted by atomic mass is 16.8. The van der Waals surface area contributed by atoms with Crippen LogP contribution in [-0.2, 0) is 30.2 Å². The van der Waals surface area contributed by atoms with Crippen LogP contribution in [-0.4, -0.2) is 53.3 Å². The number of carboxylic acid groups (broad SMARTS) is 1. The van der Waals surface area contributed by atoms with E-state index in [2.05, 4.69) is 5.32 Å². The second kappa shape index (κ2) is 14.6. The van der Waals surface area contributed by atoms with Crippen molar-refractivity contribution in [1.29, 1.82) is 0 Å². The van der Waals surface area contributed by atoms with E-state index in [9.17, 15) is 24.3 Å². The molecule has 0 saturated carbocycles. The Morgan fingerprint density at radius 1 is 0.868 bits per heavy atom. The number of esters is 1. The Morgan fingerprint density at radius 3 is 1.79 bits per heavy atom. The minimum absolute atomic E-state index is 0.0173. The summed E-state index contributed by atoms with van der Waals surface area (Å²) in [4.78, 5) is 48.9. The third kappa shape index (κ3) is 10.2. The van der Waals surface area contributed by atoms with Crippen molar-refractivity contribution in [2.45, 2.75) is 99.1 Å². The van der Waals surface area contributed by atoms with E-state index in [0.29, 0.717) is 12.0 Å². The SMILES string of the molecule is CCC(C)N[C@@](Cc1ccc(OC(=O)OC(C)C(C)C)c(OC(=O)OC(C)C(C)C)c1)(OC(C)=O)C(=O)O. The summed E-state index contributed by atoms with van der Waals surface area (Å²) in [6, 6.07) is 3.79. The zero-order valence-corrected chi connectivity index (χ0v) is 23.7. The normalized spacial score (nSPS) is 15.1. The molecule has 0 aliphatic heterocycles. The van der Waals surface area contributed by atoms with Gasteiger partial charge in [0.15, 0.2) is 11.5 Å². The van der Waals surface area contributed by atoms with Gasteiger partial charge in [-0.15, -0.1) is 0 Å². The smallest absolute Gasteiger partial charge is 0.477 e. The summed E-state index contributed by atoms with van der Waals surface area (Å²) < 4.78 is 26.4. The fourth-order valence-corrected chi connectivity index (χ4v) is 2.96. The average molecular weight is 540 g/mol. The van der Waals surface area contributed by atoms with E-state index in [1.165, 1.54) is 18.2 Å². The standard InChI is InChI=1S/C27H41NO10/c1-10-17(6)28-27(24(30)31,38-20(9)29)14-21-11-12-22(36-25(32)34-18(7)15(2)3)23(13-21)37-26(33)35-19(8)16(4)5/h11-13,15-19,28H,10,14H2,1-9H3,(H,30,31)/t17?,18?,19?,27-/m0/s1. The second-order valence-corrected chi connectivity index (χ2v) is 9.98. The molecule has 0 spiro atoms. The van der Waals surface area contributed by atoms with Gasteiger partial charge in [0.25, 0.3) is 5.72 Å². The Hall–Kier alpha value is -3.34. The van der Waals surface area contributed by atoms with Gasteiger partial charge < -0.3 is 28.8 Å². The van der Waals surface area contributed by atoms with Gasteiger partial charge >= 0.3 is 24.2 Å². The zero-order chi connectivity index (χ0) is 29.2. The third-order valence-electron chi connectivity index (χ3n) is 6.05. The molecule has 11 heteroatoms. The Kier molecular flexibility index (Phi) is 12.5. The molecule has 38 heavy (non-hydrogen) atoms. The lowest BCUT2D eigenvalue weighted by molar-refractivity contribution is -0.183. The van der Waals surface area contributed by atoms with Crippen LogP contribution < -0.4 is 14.8 Å². The first-order valence-corrected chi connectivity index (χ1v) is 12.7. The monoisotopic (exact) mass is 539 g/mol. The van der Waals surface area contributed by atoms with Crippen LogP contribution in [0.1, 0.15) is 74.3 Å². The fourth-order valence-electron chi connectivity index (χ4n) is 2.96. The van der Waals surface area contributed by atoms with Gasteiger partial charge in [-0.05, 0) is 56.7 Å². The summed E-state index contributed by atoms with van der Waals surface area (Å²) in [7, 11) is 0. The van der Waals surface area contributed by atoms with Gasteiger partial charge in [-0.2, -0.15) is 0 Å².